The van der Waals surface area contributed by atoms with Crippen LogP contribution in [0.2, 0.25) is 0 Å². The summed E-state index contributed by atoms with van der Waals surface area (Å²) >= 11 is 0. The van der Waals surface area contributed by atoms with Gasteiger partial charge in [-0.15, -0.1) is 10.2 Å². The highest BCUT2D eigenvalue weighted by Crippen LogP contribution is 2.10. The average molecular weight is 336 g/mol. The summed E-state index contributed by atoms with van der Waals surface area (Å²) < 4.78 is 1.73. The molecule has 2 N–H and O–H groups in total. The third-order valence-corrected chi connectivity index (χ3v) is 3.64. The quantitative estimate of drug-likeness (QED) is 0.719. The van der Waals surface area contributed by atoms with Gasteiger partial charge in [0, 0.05) is 12.2 Å². The predicted molar refractivity (Wildman–Crippen MR) is 95.4 cm³/mol. The van der Waals surface area contributed by atoms with Gasteiger partial charge in [0.1, 0.15) is 5.82 Å². The Bertz CT molecular complexity index is 842. The first-order chi connectivity index (χ1) is 12.1. The zero-order chi connectivity index (χ0) is 17.6. The van der Waals surface area contributed by atoms with Crippen LogP contribution < -0.4 is 10.6 Å². The number of anilines is 1. The van der Waals surface area contributed by atoms with Crippen LogP contribution in [0, 0.1) is 13.8 Å². The Morgan fingerprint density at radius 1 is 1.08 bits per heavy atom. The van der Waals surface area contributed by atoms with Gasteiger partial charge in [0.05, 0.1) is 12.2 Å². The molecule has 0 fully saturated rings. The van der Waals surface area contributed by atoms with Crippen molar-refractivity contribution in [3.63, 3.8) is 0 Å². The summed E-state index contributed by atoms with van der Waals surface area (Å²) in [5.41, 5.74) is 2.98. The summed E-state index contributed by atoms with van der Waals surface area (Å²) in [5.74, 6) is 1.08. The number of hydrogen-bond donors (Lipinski definition) is 2. The molecule has 0 unspecified atom stereocenters. The maximum Gasteiger partial charge on any atom is 0.239 e. The lowest BCUT2D eigenvalue weighted by atomic mass is 10.2. The molecule has 0 bridgehead atoms. The van der Waals surface area contributed by atoms with E-state index in [1.54, 1.807) is 10.7 Å². The minimum atomic E-state index is -0.103. The Kier molecular flexibility index (Phi) is 5.03. The van der Waals surface area contributed by atoms with Crippen molar-refractivity contribution < 1.29 is 4.79 Å². The first-order valence-electron chi connectivity index (χ1n) is 8.04. The summed E-state index contributed by atoms with van der Waals surface area (Å²) in [6, 6.07) is 15.3. The number of aryl methyl sites for hydroxylation is 2. The van der Waals surface area contributed by atoms with Crippen LogP contribution in [0.15, 0.2) is 48.5 Å². The second-order valence-electron chi connectivity index (χ2n) is 5.73. The Balaban J connectivity index is 1.51. The summed E-state index contributed by atoms with van der Waals surface area (Å²) in [6.07, 6.45) is 0. The zero-order valence-corrected chi connectivity index (χ0v) is 14.2. The maximum atomic E-state index is 11.9. The molecule has 0 aliphatic heterocycles. The van der Waals surface area contributed by atoms with Crippen LogP contribution >= 0.6 is 0 Å². The Labute approximate surface area is 146 Å². The van der Waals surface area contributed by atoms with Gasteiger partial charge in [-0.05, 0) is 37.6 Å². The molecule has 1 amide bonds. The Hall–Kier alpha value is -3.22. The highest BCUT2D eigenvalue weighted by atomic mass is 16.1. The number of rotatable bonds is 6. The fourth-order valence-corrected chi connectivity index (χ4v) is 2.42. The molecule has 25 heavy (non-hydrogen) atoms. The molecule has 0 spiro atoms. The molecule has 0 radical (unpaired) electrons. The topological polar surface area (TPSA) is 84.7 Å². The van der Waals surface area contributed by atoms with Gasteiger partial charge in [0.15, 0.2) is 5.82 Å². The van der Waals surface area contributed by atoms with E-state index in [0.717, 1.165) is 17.0 Å². The van der Waals surface area contributed by atoms with E-state index in [4.69, 9.17) is 0 Å². The van der Waals surface area contributed by atoms with E-state index in [9.17, 15) is 4.79 Å². The molecule has 3 rings (SSSR count). The summed E-state index contributed by atoms with van der Waals surface area (Å²) in [6.45, 7) is 4.54. The van der Waals surface area contributed by atoms with E-state index in [1.807, 2.05) is 56.3 Å². The standard InChI is InChI=1S/C18H20N6O/c1-13-10-14(2)24(23-13)17-9-8-16(21-22-17)19-12-18(25)20-11-15-6-4-3-5-7-15/h3-10H,11-12H2,1-2H3,(H,19,21)(H,20,25). The van der Waals surface area contributed by atoms with Crippen molar-refractivity contribution in [1.82, 2.24) is 25.3 Å². The highest BCUT2D eigenvalue weighted by molar-refractivity contribution is 5.80. The van der Waals surface area contributed by atoms with Gasteiger partial charge in [-0.1, -0.05) is 30.3 Å². The molecular formula is C18H20N6O. The molecule has 7 nitrogen and oxygen atoms in total. The van der Waals surface area contributed by atoms with Crippen molar-refractivity contribution >= 4 is 11.7 Å². The molecular weight excluding hydrogens is 316 g/mol. The SMILES string of the molecule is Cc1cc(C)n(-c2ccc(NCC(=O)NCc3ccccc3)nn2)n1. The molecule has 2 heterocycles. The molecule has 7 heteroatoms. The third kappa shape index (κ3) is 4.41. The molecule has 2 aromatic heterocycles. The zero-order valence-electron chi connectivity index (χ0n) is 14.2. The number of benzene rings is 1. The molecule has 128 valence electrons. The van der Waals surface area contributed by atoms with Crippen molar-refractivity contribution in [3.05, 3.63) is 65.5 Å². The second kappa shape index (κ2) is 7.57. The largest absolute Gasteiger partial charge is 0.360 e. The van der Waals surface area contributed by atoms with E-state index in [2.05, 4.69) is 25.9 Å². The average Bonchev–Trinajstić information content (AvgIpc) is 2.98. The number of aromatic nitrogens is 4. The fourth-order valence-electron chi connectivity index (χ4n) is 2.42. The van der Waals surface area contributed by atoms with E-state index >= 15 is 0 Å². The van der Waals surface area contributed by atoms with Crippen molar-refractivity contribution in [2.75, 3.05) is 11.9 Å². The van der Waals surface area contributed by atoms with Crippen LogP contribution in [0.25, 0.3) is 5.82 Å². The van der Waals surface area contributed by atoms with Gasteiger partial charge in [-0.3, -0.25) is 4.79 Å². The Morgan fingerprint density at radius 2 is 1.88 bits per heavy atom. The first-order valence-corrected chi connectivity index (χ1v) is 8.04. The number of carbonyl (C=O) groups excluding carboxylic acids is 1. The highest BCUT2D eigenvalue weighted by Gasteiger charge is 2.07. The second-order valence-corrected chi connectivity index (χ2v) is 5.73. The predicted octanol–water partition coefficient (Wildman–Crippen LogP) is 2.01. The van der Waals surface area contributed by atoms with Gasteiger partial charge in [0.2, 0.25) is 5.91 Å². The first kappa shape index (κ1) is 16.6. The summed E-state index contributed by atoms with van der Waals surface area (Å²) in [7, 11) is 0. The van der Waals surface area contributed by atoms with Crippen molar-refractivity contribution in [1.29, 1.82) is 0 Å². The molecule has 0 saturated heterocycles. The molecule has 0 atom stereocenters. The lowest BCUT2D eigenvalue weighted by Gasteiger charge is -2.08. The van der Waals surface area contributed by atoms with E-state index in [-0.39, 0.29) is 12.5 Å². The van der Waals surface area contributed by atoms with Gasteiger partial charge in [-0.25, -0.2) is 4.68 Å². The van der Waals surface area contributed by atoms with Crippen LogP contribution in [0.3, 0.4) is 0 Å². The molecule has 1 aromatic carbocycles. The molecule has 0 aliphatic rings. The van der Waals surface area contributed by atoms with E-state index in [1.165, 1.54) is 0 Å². The minimum absolute atomic E-state index is 0.103. The number of nitrogens with zero attached hydrogens (tertiary/aromatic N) is 4. The number of amides is 1. The van der Waals surface area contributed by atoms with Crippen LogP contribution in [0.1, 0.15) is 17.0 Å². The third-order valence-electron chi connectivity index (χ3n) is 3.64. The van der Waals surface area contributed by atoms with Crippen molar-refractivity contribution in [2.45, 2.75) is 20.4 Å². The summed E-state index contributed by atoms with van der Waals surface area (Å²) in [4.78, 5) is 11.9. The number of nitrogens with one attached hydrogen (secondary N) is 2. The Morgan fingerprint density at radius 3 is 2.52 bits per heavy atom. The van der Waals surface area contributed by atoms with Crippen molar-refractivity contribution in [2.24, 2.45) is 0 Å². The lowest BCUT2D eigenvalue weighted by Crippen LogP contribution is -2.29. The maximum absolute atomic E-state index is 11.9. The fraction of sp³-hybridized carbons (Fsp3) is 0.222. The lowest BCUT2D eigenvalue weighted by molar-refractivity contribution is -0.119. The van der Waals surface area contributed by atoms with Gasteiger partial charge in [0.25, 0.3) is 0 Å². The smallest absolute Gasteiger partial charge is 0.239 e. The van der Waals surface area contributed by atoms with Gasteiger partial charge in [-0.2, -0.15) is 5.10 Å². The van der Waals surface area contributed by atoms with Crippen LogP contribution in [0.5, 0.6) is 0 Å². The molecule has 0 saturated carbocycles. The van der Waals surface area contributed by atoms with Gasteiger partial charge < -0.3 is 10.6 Å². The van der Waals surface area contributed by atoms with Crippen molar-refractivity contribution in [3.8, 4) is 5.82 Å². The monoisotopic (exact) mass is 336 g/mol. The summed E-state index contributed by atoms with van der Waals surface area (Å²) in [5, 5.41) is 18.4. The van der Waals surface area contributed by atoms with Crippen LogP contribution in [-0.4, -0.2) is 32.4 Å². The van der Waals surface area contributed by atoms with Crippen LogP contribution in [0.4, 0.5) is 5.82 Å². The number of hydrogen-bond acceptors (Lipinski definition) is 5. The van der Waals surface area contributed by atoms with E-state index in [0.29, 0.717) is 18.2 Å². The minimum Gasteiger partial charge on any atom is -0.360 e. The number of carbonyl (C=O) groups is 1. The van der Waals surface area contributed by atoms with Gasteiger partial charge >= 0.3 is 0 Å². The van der Waals surface area contributed by atoms with E-state index < -0.39 is 0 Å². The van der Waals surface area contributed by atoms with Crippen LogP contribution in [-0.2, 0) is 11.3 Å². The normalized spacial score (nSPS) is 10.5. The molecule has 0 aliphatic carbocycles. The molecule has 3 aromatic rings.